The van der Waals surface area contributed by atoms with Crippen molar-refractivity contribution in [1.82, 2.24) is 0 Å². The molecule has 37 heavy (non-hydrogen) atoms. The lowest BCUT2D eigenvalue weighted by Crippen LogP contribution is -2.50. The highest BCUT2D eigenvalue weighted by Gasteiger charge is 2.38. The Morgan fingerprint density at radius 3 is 1.41 bits per heavy atom. The van der Waals surface area contributed by atoms with Crippen LogP contribution in [0.5, 0.6) is 11.5 Å². The first-order valence-electron chi connectivity index (χ1n) is 10.3. The van der Waals surface area contributed by atoms with Crippen molar-refractivity contribution in [2.45, 2.75) is 55.8 Å². The number of ether oxygens (including phenoxy) is 2. The molecule has 210 valence electrons. The van der Waals surface area contributed by atoms with Crippen molar-refractivity contribution < 1.29 is 64.7 Å². The molecule has 0 aliphatic carbocycles. The number of anilines is 1. The molecule has 0 saturated carbocycles. The van der Waals surface area contributed by atoms with E-state index in [9.17, 15) is 55.2 Å². The topological polar surface area (TPSA) is 244 Å². The predicted molar refractivity (Wildman–Crippen MR) is 150 cm³/mol. The number of carbonyl (C=O) groups is 3. The molecule has 8 atom stereocenters. The zero-order valence-electron chi connectivity index (χ0n) is 18.9. The fraction of sp³-hybridized carbons (Fsp3) is 0.550. The van der Waals surface area contributed by atoms with Crippen LogP contribution >= 0.6 is 67.8 Å². The van der Waals surface area contributed by atoms with Gasteiger partial charge in [-0.3, -0.25) is 4.79 Å². The first-order chi connectivity index (χ1) is 17.3. The van der Waals surface area contributed by atoms with E-state index in [1.807, 2.05) is 0 Å². The molecule has 1 amide bonds. The maximum absolute atomic E-state index is 11.9. The first-order valence-corrected chi connectivity index (χ1v) is 13.5. The van der Waals surface area contributed by atoms with E-state index in [0.717, 1.165) is 0 Å². The number of aliphatic hydroxyl groups excluding tert-OH is 8. The summed E-state index contributed by atoms with van der Waals surface area (Å²) in [6.45, 7) is -0.684. The Balaban J connectivity index is 3.81. The SMILES string of the molecule is CC(=O)Nc1c(I)c(OC(C(O)C=O)C(O)C(O)CO)c(I)c(OC(C(O)C=O)C(O)C(O)CO)c1I. The molecule has 0 fully saturated rings. The second kappa shape index (κ2) is 15.9. The summed E-state index contributed by atoms with van der Waals surface area (Å²) in [7, 11) is 0. The Bertz CT molecular complexity index is 890. The predicted octanol–water partition coefficient (Wildman–Crippen LogP) is -2.50. The van der Waals surface area contributed by atoms with E-state index in [0.29, 0.717) is 0 Å². The third-order valence-electron chi connectivity index (χ3n) is 4.83. The molecule has 1 aromatic rings. The van der Waals surface area contributed by atoms with Gasteiger partial charge < -0.3 is 65.2 Å². The molecule has 0 bridgehead atoms. The lowest BCUT2D eigenvalue weighted by Gasteiger charge is -2.32. The average Bonchev–Trinajstić information content (AvgIpc) is 2.88. The average molecular weight is 869 g/mol. The number of hydrogen-bond donors (Lipinski definition) is 9. The summed E-state index contributed by atoms with van der Waals surface area (Å²) in [6.07, 6.45) is -15.1. The number of halogens is 3. The van der Waals surface area contributed by atoms with Crippen LogP contribution in [0.25, 0.3) is 0 Å². The Morgan fingerprint density at radius 1 is 0.784 bits per heavy atom. The third-order valence-corrected chi connectivity index (χ3v) is 7.87. The largest absolute Gasteiger partial charge is 0.482 e. The summed E-state index contributed by atoms with van der Waals surface area (Å²) in [4.78, 5) is 34.4. The number of amides is 1. The Morgan fingerprint density at radius 2 is 1.14 bits per heavy atom. The Kier molecular flexibility index (Phi) is 14.9. The fourth-order valence-corrected chi connectivity index (χ4v) is 6.82. The van der Waals surface area contributed by atoms with E-state index < -0.39 is 68.0 Å². The van der Waals surface area contributed by atoms with Crippen LogP contribution in [-0.2, 0) is 14.4 Å². The molecular weight excluding hydrogens is 843 g/mol. The van der Waals surface area contributed by atoms with Crippen LogP contribution in [0.1, 0.15) is 6.92 Å². The van der Waals surface area contributed by atoms with E-state index in [1.54, 1.807) is 67.8 Å². The second-order valence-corrected chi connectivity index (χ2v) is 10.8. The van der Waals surface area contributed by atoms with Crippen molar-refractivity contribution in [1.29, 1.82) is 0 Å². The number of hydrogen-bond acceptors (Lipinski definition) is 13. The number of benzene rings is 1. The molecule has 0 aliphatic rings. The van der Waals surface area contributed by atoms with Crippen molar-refractivity contribution in [2.75, 3.05) is 18.5 Å². The van der Waals surface area contributed by atoms with E-state index in [4.69, 9.17) is 9.47 Å². The molecule has 14 nitrogen and oxygen atoms in total. The zero-order chi connectivity index (χ0) is 28.6. The lowest BCUT2D eigenvalue weighted by atomic mass is 10.0. The van der Waals surface area contributed by atoms with Crippen molar-refractivity contribution >= 4 is 91.9 Å². The third kappa shape index (κ3) is 8.74. The van der Waals surface area contributed by atoms with Crippen LogP contribution in [0, 0.1) is 10.7 Å². The van der Waals surface area contributed by atoms with Gasteiger partial charge in [0.15, 0.2) is 36.3 Å². The van der Waals surface area contributed by atoms with Crippen molar-refractivity contribution in [2.24, 2.45) is 0 Å². The molecule has 0 saturated heterocycles. The molecule has 17 heteroatoms. The van der Waals surface area contributed by atoms with Gasteiger partial charge in [-0.05, 0) is 67.8 Å². The van der Waals surface area contributed by atoms with Gasteiger partial charge in [-0.25, -0.2) is 0 Å². The van der Waals surface area contributed by atoms with E-state index in [1.165, 1.54) is 6.92 Å². The van der Waals surface area contributed by atoms with Crippen LogP contribution in [0.2, 0.25) is 0 Å². The first kappa shape index (κ1) is 34.5. The molecule has 0 spiro atoms. The summed E-state index contributed by atoms with van der Waals surface area (Å²) < 4.78 is 11.8. The van der Waals surface area contributed by atoms with Crippen LogP contribution in [0.15, 0.2) is 0 Å². The number of carbonyl (C=O) groups excluding carboxylic acids is 3. The maximum atomic E-state index is 11.9. The van der Waals surface area contributed by atoms with Gasteiger partial charge in [-0.1, -0.05) is 0 Å². The summed E-state index contributed by atoms with van der Waals surface area (Å²) >= 11 is 5.18. The number of nitrogens with one attached hydrogen (secondary N) is 1. The van der Waals surface area contributed by atoms with Crippen molar-refractivity contribution in [3.63, 3.8) is 0 Å². The van der Waals surface area contributed by atoms with Gasteiger partial charge in [0.05, 0.1) is 29.6 Å². The van der Waals surface area contributed by atoms with E-state index in [-0.39, 0.29) is 40.5 Å². The summed E-state index contributed by atoms with van der Waals surface area (Å²) in [5, 5.41) is 81.5. The van der Waals surface area contributed by atoms with Crippen LogP contribution in [0.3, 0.4) is 0 Å². The number of aliphatic hydroxyl groups is 8. The van der Waals surface area contributed by atoms with E-state index >= 15 is 0 Å². The van der Waals surface area contributed by atoms with Crippen LogP contribution in [0.4, 0.5) is 5.69 Å². The van der Waals surface area contributed by atoms with Crippen LogP contribution in [-0.4, -0.2) is 121 Å². The van der Waals surface area contributed by atoms with Gasteiger partial charge in [0, 0.05) is 6.92 Å². The van der Waals surface area contributed by atoms with Gasteiger partial charge >= 0.3 is 0 Å². The highest BCUT2D eigenvalue weighted by Crippen LogP contribution is 2.45. The fourth-order valence-electron chi connectivity index (χ4n) is 2.88. The molecular formula is C20H26I3NO13. The molecule has 0 heterocycles. The quantitative estimate of drug-likeness (QED) is 0.0656. The number of aldehydes is 2. The van der Waals surface area contributed by atoms with Crippen molar-refractivity contribution in [3.8, 4) is 11.5 Å². The number of rotatable bonds is 15. The van der Waals surface area contributed by atoms with Gasteiger partial charge in [0.1, 0.15) is 36.6 Å². The van der Waals surface area contributed by atoms with Gasteiger partial charge in [0.2, 0.25) is 5.91 Å². The Hall–Kier alpha value is -0.500. The minimum atomic E-state index is -1.98. The Labute approximate surface area is 251 Å². The van der Waals surface area contributed by atoms with E-state index in [2.05, 4.69) is 5.32 Å². The summed E-state index contributed by atoms with van der Waals surface area (Å²) in [6, 6.07) is 0. The lowest BCUT2D eigenvalue weighted by molar-refractivity contribution is -0.132. The smallest absolute Gasteiger partial charge is 0.221 e. The van der Waals surface area contributed by atoms with Crippen molar-refractivity contribution in [3.05, 3.63) is 10.7 Å². The minimum absolute atomic E-state index is 0.0274. The molecule has 0 aromatic heterocycles. The minimum Gasteiger partial charge on any atom is -0.482 e. The monoisotopic (exact) mass is 869 g/mol. The molecule has 1 rings (SSSR count). The summed E-state index contributed by atoms with van der Waals surface area (Å²) in [5.41, 5.74) is 0.0622. The molecule has 8 unspecified atom stereocenters. The van der Waals surface area contributed by atoms with Gasteiger partial charge in [-0.15, -0.1) is 0 Å². The van der Waals surface area contributed by atoms with Gasteiger partial charge in [-0.2, -0.15) is 0 Å². The standard InChI is InChI=1S/C20H26I3NO13/c1-6(29)24-14-11(21)19(36-17(9(32)4-27)15(34)7(30)2-25)13(23)20(12(14)22)37-18(10(33)5-28)16(35)8(31)3-26/h4-5,7-10,15-18,25-26,30-35H,2-3H2,1H3,(H,24,29). The van der Waals surface area contributed by atoms with Gasteiger partial charge in [0.25, 0.3) is 0 Å². The normalized spacial score (nSPS) is 17.9. The second-order valence-electron chi connectivity index (χ2n) is 7.56. The maximum Gasteiger partial charge on any atom is 0.221 e. The molecule has 1 aromatic carbocycles. The molecule has 0 radical (unpaired) electrons. The highest BCUT2D eigenvalue weighted by atomic mass is 127. The zero-order valence-corrected chi connectivity index (χ0v) is 25.4. The summed E-state index contributed by atoms with van der Waals surface area (Å²) in [5.74, 6) is -0.951. The van der Waals surface area contributed by atoms with Crippen LogP contribution < -0.4 is 14.8 Å². The molecule has 9 N–H and O–H groups in total. The highest BCUT2D eigenvalue weighted by molar-refractivity contribution is 14.1. The molecule has 0 aliphatic heterocycles.